The van der Waals surface area contributed by atoms with E-state index in [2.05, 4.69) is 13.5 Å². The topological polar surface area (TPSA) is 63.6 Å². The third-order valence-electron chi connectivity index (χ3n) is 6.32. The summed E-state index contributed by atoms with van der Waals surface area (Å²) in [5.41, 5.74) is 2.43. The SMILES string of the molecule is C=C1C[C@@H](CC(=O)O)[C@@]2(C)CC(=O)c3c(ccc4cc(OC)ccc34)[C@H]12. The van der Waals surface area contributed by atoms with E-state index in [4.69, 9.17) is 4.74 Å². The zero-order valence-electron chi connectivity index (χ0n) is 15.0. The van der Waals surface area contributed by atoms with Gasteiger partial charge in [-0.25, -0.2) is 0 Å². The summed E-state index contributed by atoms with van der Waals surface area (Å²) in [6.07, 6.45) is 1.12. The predicted octanol–water partition coefficient (Wildman–Crippen LogP) is 4.58. The van der Waals surface area contributed by atoms with Crippen LogP contribution in [0.1, 0.15) is 48.0 Å². The molecular formula is C22H22O4. The third-order valence-corrected chi connectivity index (χ3v) is 6.32. The standard InChI is InChI=1S/C22H22O4/c1-12-8-14(10-19(24)25)22(2)11-18(23)20-16-7-5-15(26-3)9-13(16)4-6-17(20)21(12)22/h4-7,9,14,21H,1,8,10-11H2,2-3H3,(H,24,25)/t14-,21-,22+/m0/s1. The molecule has 1 N–H and O–H groups in total. The fourth-order valence-electron chi connectivity index (χ4n) is 5.15. The van der Waals surface area contributed by atoms with Crippen molar-refractivity contribution in [2.24, 2.45) is 11.3 Å². The monoisotopic (exact) mass is 350 g/mol. The number of hydrogen-bond donors (Lipinski definition) is 1. The molecule has 2 aromatic carbocycles. The van der Waals surface area contributed by atoms with Crippen molar-refractivity contribution < 1.29 is 19.4 Å². The third kappa shape index (κ3) is 2.28. The van der Waals surface area contributed by atoms with Crippen LogP contribution in [0.2, 0.25) is 0 Å². The molecule has 0 heterocycles. The van der Waals surface area contributed by atoms with Crippen LogP contribution < -0.4 is 4.74 Å². The van der Waals surface area contributed by atoms with Gasteiger partial charge in [0.25, 0.3) is 0 Å². The molecule has 0 aliphatic heterocycles. The van der Waals surface area contributed by atoms with Gasteiger partial charge >= 0.3 is 5.97 Å². The van der Waals surface area contributed by atoms with Gasteiger partial charge in [-0.3, -0.25) is 9.59 Å². The summed E-state index contributed by atoms with van der Waals surface area (Å²) >= 11 is 0. The highest BCUT2D eigenvalue weighted by Gasteiger charge is 2.54. The van der Waals surface area contributed by atoms with Crippen molar-refractivity contribution in [1.82, 2.24) is 0 Å². The van der Waals surface area contributed by atoms with Crippen molar-refractivity contribution >= 4 is 22.5 Å². The molecule has 2 aromatic rings. The maximum Gasteiger partial charge on any atom is 0.303 e. The highest BCUT2D eigenvalue weighted by Crippen LogP contribution is 2.61. The van der Waals surface area contributed by atoms with Crippen molar-refractivity contribution in [3.05, 3.63) is 53.6 Å². The van der Waals surface area contributed by atoms with Gasteiger partial charge in [0.1, 0.15) is 5.75 Å². The molecule has 2 aliphatic carbocycles. The Morgan fingerprint density at radius 3 is 2.81 bits per heavy atom. The molecule has 0 aromatic heterocycles. The number of aliphatic carboxylic acids is 1. The first kappa shape index (κ1) is 16.8. The number of ether oxygens (including phenoxy) is 1. The molecule has 1 saturated carbocycles. The molecule has 1 fully saturated rings. The molecule has 0 saturated heterocycles. The number of methoxy groups -OCH3 is 1. The smallest absolute Gasteiger partial charge is 0.303 e. The van der Waals surface area contributed by atoms with Crippen LogP contribution in [0, 0.1) is 11.3 Å². The van der Waals surface area contributed by atoms with Gasteiger partial charge in [0, 0.05) is 24.3 Å². The van der Waals surface area contributed by atoms with Crippen LogP contribution in [0.15, 0.2) is 42.5 Å². The summed E-state index contributed by atoms with van der Waals surface area (Å²) in [7, 11) is 1.63. The Labute approximate surface area is 152 Å². The molecule has 0 bridgehead atoms. The lowest BCUT2D eigenvalue weighted by atomic mass is 9.61. The summed E-state index contributed by atoms with van der Waals surface area (Å²) in [4.78, 5) is 24.4. The lowest BCUT2D eigenvalue weighted by Gasteiger charge is -2.41. The van der Waals surface area contributed by atoms with Gasteiger partial charge < -0.3 is 9.84 Å². The maximum atomic E-state index is 13.1. The highest BCUT2D eigenvalue weighted by molar-refractivity contribution is 6.11. The maximum absolute atomic E-state index is 13.1. The molecule has 2 aliphatic rings. The van der Waals surface area contributed by atoms with Crippen LogP contribution in [-0.2, 0) is 4.79 Å². The largest absolute Gasteiger partial charge is 0.497 e. The minimum atomic E-state index is -0.812. The Bertz CT molecular complexity index is 958. The van der Waals surface area contributed by atoms with E-state index in [9.17, 15) is 14.7 Å². The molecule has 4 nitrogen and oxygen atoms in total. The molecule has 0 unspecified atom stereocenters. The average Bonchev–Trinajstić information content (AvgIpc) is 2.83. The number of allylic oxidation sites excluding steroid dienone is 1. The molecule has 4 heteroatoms. The number of Topliss-reactive ketones (excluding diaryl/α,β-unsaturated/α-hetero) is 1. The molecule has 26 heavy (non-hydrogen) atoms. The Kier molecular flexibility index (Phi) is 3.69. The van der Waals surface area contributed by atoms with Gasteiger partial charge in [0.15, 0.2) is 5.78 Å². The van der Waals surface area contributed by atoms with Gasteiger partial charge in [-0.05, 0) is 52.3 Å². The first-order valence-electron chi connectivity index (χ1n) is 8.88. The number of rotatable bonds is 3. The normalized spacial score (nSPS) is 27.3. The number of carbonyl (C=O) groups is 2. The van der Waals surface area contributed by atoms with Gasteiger partial charge in [0.2, 0.25) is 0 Å². The zero-order valence-corrected chi connectivity index (χ0v) is 15.0. The van der Waals surface area contributed by atoms with E-state index in [1.165, 1.54) is 0 Å². The molecule has 0 amide bonds. The highest BCUT2D eigenvalue weighted by atomic mass is 16.5. The van der Waals surface area contributed by atoms with E-state index >= 15 is 0 Å². The van der Waals surface area contributed by atoms with E-state index < -0.39 is 5.97 Å². The molecule has 0 spiro atoms. The van der Waals surface area contributed by atoms with Crippen LogP contribution in [0.4, 0.5) is 0 Å². The van der Waals surface area contributed by atoms with Crippen LogP contribution in [0.25, 0.3) is 10.8 Å². The van der Waals surface area contributed by atoms with Crippen molar-refractivity contribution in [3.8, 4) is 5.75 Å². The van der Waals surface area contributed by atoms with Crippen LogP contribution in [-0.4, -0.2) is 24.0 Å². The predicted molar refractivity (Wildman–Crippen MR) is 99.8 cm³/mol. The van der Waals surface area contributed by atoms with Crippen molar-refractivity contribution in [2.45, 2.75) is 32.1 Å². The first-order chi connectivity index (χ1) is 12.3. The Balaban J connectivity index is 1.90. The van der Waals surface area contributed by atoms with Gasteiger partial charge in [0.05, 0.1) is 7.11 Å². The first-order valence-corrected chi connectivity index (χ1v) is 8.88. The number of benzene rings is 2. The van der Waals surface area contributed by atoms with E-state index in [1.54, 1.807) is 7.11 Å². The molecule has 4 rings (SSSR count). The number of carboxylic acid groups (broad SMARTS) is 1. The molecule has 0 radical (unpaired) electrons. The van der Waals surface area contributed by atoms with Gasteiger partial charge in [-0.1, -0.05) is 31.2 Å². The fraction of sp³-hybridized carbons (Fsp3) is 0.364. The minimum Gasteiger partial charge on any atom is -0.497 e. The number of carboxylic acids is 1. The number of carbonyl (C=O) groups excluding carboxylic acids is 1. The van der Waals surface area contributed by atoms with Gasteiger partial charge in [-0.15, -0.1) is 0 Å². The second kappa shape index (κ2) is 5.70. The van der Waals surface area contributed by atoms with Crippen molar-refractivity contribution in [2.75, 3.05) is 7.11 Å². The minimum absolute atomic E-state index is 0.0334. The summed E-state index contributed by atoms with van der Waals surface area (Å²) in [5.74, 6) is 0.0256. The van der Waals surface area contributed by atoms with E-state index in [0.717, 1.165) is 33.2 Å². The van der Waals surface area contributed by atoms with Crippen LogP contribution in [0.5, 0.6) is 5.75 Å². The molecular weight excluding hydrogens is 328 g/mol. The van der Waals surface area contributed by atoms with E-state index in [-0.39, 0.29) is 29.5 Å². The quantitative estimate of drug-likeness (QED) is 0.823. The van der Waals surface area contributed by atoms with Crippen molar-refractivity contribution in [3.63, 3.8) is 0 Å². The fourth-order valence-corrected chi connectivity index (χ4v) is 5.15. The number of fused-ring (bicyclic) bond motifs is 5. The Morgan fingerprint density at radius 2 is 2.12 bits per heavy atom. The number of hydrogen-bond acceptors (Lipinski definition) is 3. The van der Waals surface area contributed by atoms with Gasteiger partial charge in [-0.2, -0.15) is 0 Å². The van der Waals surface area contributed by atoms with E-state index in [0.29, 0.717) is 12.8 Å². The lowest BCUT2D eigenvalue weighted by molar-refractivity contribution is -0.139. The molecule has 3 atom stereocenters. The summed E-state index contributed by atoms with van der Waals surface area (Å²) in [5, 5.41) is 11.2. The summed E-state index contributed by atoms with van der Waals surface area (Å²) < 4.78 is 5.29. The summed E-state index contributed by atoms with van der Waals surface area (Å²) in [6, 6.07) is 9.80. The van der Waals surface area contributed by atoms with Crippen LogP contribution in [0.3, 0.4) is 0 Å². The number of ketones is 1. The second-order valence-electron chi connectivity index (χ2n) is 7.81. The Hall–Kier alpha value is -2.62. The molecule has 134 valence electrons. The summed E-state index contributed by atoms with van der Waals surface area (Å²) in [6.45, 7) is 6.31. The average molecular weight is 350 g/mol. The zero-order chi connectivity index (χ0) is 18.6. The van der Waals surface area contributed by atoms with E-state index in [1.807, 2.05) is 30.3 Å². The van der Waals surface area contributed by atoms with Crippen LogP contribution >= 0.6 is 0 Å². The Morgan fingerprint density at radius 1 is 1.35 bits per heavy atom. The second-order valence-corrected chi connectivity index (χ2v) is 7.81. The lowest BCUT2D eigenvalue weighted by Crippen LogP contribution is -2.36. The van der Waals surface area contributed by atoms with Crippen molar-refractivity contribution in [1.29, 1.82) is 0 Å².